The largest absolute Gasteiger partial charge is 0.497 e. The molecule has 0 bridgehead atoms. The van der Waals surface area contributed by atoms with Gasteiger partial charge < -0.3 is 19.2 Å². The van der Waals surface area contributed by atoms with Gasteiger partial charge in [-0.15, -0.1) is 0 Å². The highest BCUT2D eigenvalue weighted by atomic mass is 16.5. The van der Waals surface area contributed by atoms with Gasteiger partial charge in [0.25, 0.3) is 0 Å². The van der Waals surface area contributed by atoms with Crippen LogP contribution in [0.2, 0.25) is 0 Å². The third kappa shape index (κ3) is 4.03. The predicted octanol–water partition coefficient (Wildman–Crippen LogP) is 2.98. The fourth-order valence-electron chi connectivity index (χ4n) is 1.71. The lowest BCUT2D eigenvalue weighted by atomic mass is 10.3. The maximum absolute atomic E-state index is 5.66. The molecule has 4 heteroatoms. The van der Waals surface area contributed by atoms with Crippen molar-refractivity contribution < 1.29 is 13.9 Å². The minimum absolute atomic E-state index is 0.416. The molecule has 2 rings (SSSR count). The molecule has 0 fully saturated rings. The van der Waals surface area contributed by atoms with Crippen LogP contribution in [-0.4, -0.2) is 13.7 Å². The smallest absolute Gasteiger partial charge is 0.146 e. The van der Waals surface area contributed by atoms with Crippen LogP contribution in [0.4, 0.5) is 0 Å². The van der Waals surface area contributed by atoms with Crippen LogP contribution in [0, 0.1) is 0 Å². The highest BCUT2D eigenvalue weighted by Crippen LogP contribution is 2.20. The molecule has 0 amide bonds. The van der Waals surface area contributed by atoms with E-state index in [2.05, 4.69) is 12.2 Å². The lowest BCUT2D eigenvalue weighted by Gasteiger charge is -2.05. The van der Waals surface area contributed by atoms with Crippen LogP contribution >= 0.6 is 0 Å². The highest BCUT2D eigenvalue weighted by Gasteiger charge is 2.03. The molecule has 0 aliphatic heterocycles. The third-order valence-corrected chi connectivity index (χ3v) is 2.71. The third-order valence-electron chi connectivity index (χ3n) is 2.71. The van der Waals surface area contributed by atoms with E-state index in [0.717, 1.165) is 35.9 Å². The molecule has 102 valence electrons. The van der Waals surface area contributed by atoms with Crippen LogP contribution in [-0.2, 0) is 13.2 Å². The number of nitrogens with one attached hydrogen (secondary N) is 1. The van der Waals surface area contributed by atoms with Crippen LogP contribution < -0.4 is 14.8 Å². The summed E-state index contributed by atoms with van der Waals surface area (Å²) in [4.78, 5) is 0. The van der Waals surface area contributed by atoms with Gasteiger partial charge in [-0.05, 0) is 24.7 Å². The Bertz CT molecular complexity index is 508. The molecule has 0 aliphatic rings. The van der Waals surface area contributed by atoms with E-state index in [-0.39, 0.29) is 0 Å². The van der Waals surface area contributed by atoms with Crippen molar-refractivity contribution >= 4 is 0 Å². The molecule has 0 atom stereocenters. The minimum atomic E-state index is 0.416. The zero-order chi connectivity index (χ0) is 13.5. The van der Waals surface area contributed by atoms with E-state index < -0.39 is 0 Å². The van der Waals surface area contributed by atoms with Gasteiger partial charge >= 0.3 is 0 Å². The molecule has 1 aromatic heterocycles. The summed E-state index contributed by atoms with van der Waals surface area (Å²) in [6.45, 7) is 4.26. The molecule has 4 nitrogen and oxygen atoms in total. The SMILES string of the molecule is CCNCc1coc(COc2cccc(OC)c2)c1. The van der Waals surface area contributed by atoms with Crippen molar-refractivity contribution in [1.29, 1.82) is 0 Å². The standard InChI is InChI=1S/C15H19NO3/c1-3-16-9-12-7-15(18-10-12)11-19-14-6-4-5-13(8-14)17-2/h4-8,10,16H,3,9,11H2,1-2H3. The Balaban J connectivity index is 1.89. The van der Waals surface area contributed by atoms with Gasteiger partial charge in [-0.2, -0.15) is 0 Å². The molecule has 0 saturated carbocycles. The normalized spacial score (nSPS) is 10.4. The van der Waals surface area contributed by atoms with Crippen LogP contribution in [0.5, 0.6) is 11.5 Å². The van der Waals surface area contributed by atoms with Gasteiger partial charge in [0.15, 0.2) is 0 Å². The molecular weight excluding hydrogens is 242 g/mol. The van der Waals surface area contributed by atoms with Gasteiger partial charge in [-0.3, -0.25) is 0 Å². The van der Waals surface area contributed by atoms with E-state index in [1.54, 1.807) is 13.4 Å². The average Bonchev–Trinajstić information content (AvgIpc) is 2.91. The topological polar surface area (TPSA) is 43.6 Å². The molecule has 0 radical (unpaired) electrons. The first-order valence-corrected chi connectivity index (χ1v) is 6.35. The number of rotatable bonds is 7. The summed E-state index contributed by atoms with van der Waals surface area (Å²) < 4.78 is 16.2. The van der Waals surface area contributed by atoms with E-state index in [4.69, 9.17) is 13.9 Å². The molecule has 0 spiro atoms. The zero-order valence-electron chi connectivity index (χ0n) is 11.3. The molecule has 0 unspecified atom stereocenters. The number of ether oxygens (including phenoxy) is 2. The van der Waals surface area contributed by atoms with Crippen molar-refractivity contribution in [3.05, 3.63) is 47.9 Å². The van der Waals surface area contributed by atoms with Crippen molar-refractivity contribution in [3.63, 3.8) is 0 Å². The van der Waals surface area contributed by atoms with Gasteiger partial charge in [0.2, 0.25) is 0 Å². The first kappa shape index (κ1) is 13.5. The van der Waals surface area contributed by atoms with Gasteiger partial charge in [-0.25, -0.2) is 0 Å². The first-order valence-electron chi connectivity index (χ1n) is 6.35. The van der Waals surface area contributed by atoms with Crippen LogP contribution in [0.25, 0.3) is 0 Å². The summed E-state index contributed by atoms with van der Waals surface area (Å²) in [5.74, 6) is 2.37. The summed E-state index contributed by atoms with van der Waals surface area (Å²) in [6.07, 6.45) is 1.76. The maximum atomic E-state index is 5.66. The van der Waals surface area contributed by atoms with E-state index in [1.165, 1.54) is 0 Å². The molecule has 0 saturated heterocycles. The Labute approximate surface area is 113 Å². The van der Waals surface area contributed by atoms with Crippen LogP contribution in [0.3, 0.4) is 0 Å². The van der Waals surface area contributed by atoms with Gasteiger partial charge in [0.1, 0.15) is 23.9 Å². The highest BCUT2D eigenvalue weighted by molar-refractivity contribution is 5.32. The van der Waals surface area contributed by atoms with Crippen molar-refractivity contribution in [2.45, 2.75) is 20.1 Å². The lowest BCUT2D eigenvalue weighted by Crippen LogP contribution is -2.10. The molecule has 1 N–H and O–H groups in total. The summed E-state index contributed by atoms with van der Waals surface area (Å²) >= 11 is 0. The number of hydrogen-bond donors (Lipinski definition) is 1. The average molecular weight is 261 g/mol. The summed E-state index contributed by atoms with van der Waals surface area (Å²) in [6, 6.07) is 9.53. The summed E-state index contributed by atoms with van der Waals surface area (Å²) in [5.41, 5.74) is 1.13. The van der Waals surface area contributed by atoms with Gasteiger partial charge in [-0.1, -0.05) is 13.0 Å². The van der Waals surface area contributed by atoms with Crippen molar-refractivity contribution in [2.24, 2.45) is 0 Å². The number of hydrogen-bond acceptors (Lipinski definition) is 4. The van der Waals surface area contributed by atoms with E-state index in [1.807, 2.05) is 30.3 Å². The van der Waals surface area contributed by atoms with Gasteiger partial charge in [0, 0.05) is 18.2 Å². The second-order valence-corrected chi connectivity index (χ2v) is 4.17. The summed E-state index contributed by atoms with van der Waals surface area (Å²) in [5, 5.41) is 3.25. The first-order chi connectivity index (χ1) is 9.31. The fraction of sp³-hybridized carbons (Fsp3) is 0.333. The van der Waals surface area contributed by atoms with E-state index >= 15 is 0 Å². The molecule has 0 aliphatic carbocycles. The van der Waals surface area contributed by atoms with Crippen LogP contribution in [0.15, 0.2) is 41.0 Å². The molecule has 19 heavy (non-hydrogen) atoms. The molecular formula is C15H19NO3. The lowest BCUT2D eigenvalue weighted by molar-refractivity contribution is 0.269. The zero-order valence-corrected chi connectivity index (χ0v) is 11.3. The number of furan rings is 1. The molecule has 1 heterocycles. The predicted molar refractivity (Wildman–Crippen MR) is 73.4 cm³/mol. The Morgan fingerprint density at radius 1 is 1.21 bits per heavy atom. The second kappa shape index (κ2) is 6.85. The fourth-order valence-corrected chi connectivity index (χ4v) is 1.71. The van der Waals surface area contributed by atoms with Crippen molar-refractivity contribution in [1.82, 2.24) is 5.32 Å². The Kier molecular flexibility index (Phi) is 4.86. The van der Waals surface area contributed by atoms with Gasteiger partial charge in [0.05, 0.1) is 13.4 Å². The monoisotopic (exact) mass is 261 g/mol. The Morgan fingerprint density at radius 2 is 2.05 bits per heavy atom. The number of benzene rings is 1. The van der Waals surface area contributed by atoms with E-state index in [9.17, 15) is 0 Å². The van der Waals surface area contributed by atoms with Crippen molar-refractivity contribution in [3.8, 4) is 11.5 Å². The van der Waals surface area contributed by atoms with Crippen LogP contribution in [0.1, 0.15) is 18.2 Å². The minimum Gasteiger partial charge on any atom is -0.497 e. The van der Waals surface area contributed by atoms with Crippen molar-refractivity contribution in [2.75, 3.05) is 13.7 Å². The Hall–Kier alpha value is -1.94. The Morgan fingerprint density at radius 3 is 2.84 bits per heavy atom. The number of methoxy groups -OCH3 is 1. The van der Waals surface area contributed by atoms with E-state index in [0.29, 0.717) is 6.61 Å². The molecule has 1 aromatic carbocycles. The maximum Gasteiger partial charge on any atom is 0.146 e. The summed E-state index contributed by atoms with van der Waals surface area (Å²) in [7, 11) is 1.64. The second-order valence-electron chi connectivity index (χ2n) is 4.17. The molecule has 2 aromatic rings. The quantitative estimate of drug-likeness (QED) is 0.832.